The molecule has 0 bridgehead atoms. The topological polar surface area (TPSA) is 78.1 Å². The first-order valence-corrected chi connectivity index (χ1v) is 10.4. The van der Waals surface area contributed by atoms with E-state index in [9.17, 15) is 9.90 Å². The van der Waals surface area contributed by atoms with Crippen molar-refractivity contribution in [1.82, 2.24) is 0 Å². The summed E-state index contributed by atoms with van der Waals surface area (Å²) in [6.07, 6.45) is 4.87. The number of hydrogen-bond donors (Lipinski definition) is 1. The normalized spacial score (nSPS) is 10.5. The van der Waals surface area contributed by atoms with Crippen LogP contribution in [0.1, 0.15) is 38.8 Å². The van der Waals surface area contributed by atoms with E-state index in [2.05, 4.69) is 0 Å². The summed E-state index contributed by atoms with van der Waals surface area (Å²) in [6, 6.07) is 3.29. The summed E-state index contributed by atoms with van der Waals surface area (Å²) in [5, 5.41) is 11.6. The van der Waals surface area contributed by atoms with Crippen molar-refractivity contribution in [3.8, 4) is 23.0 Å². The Morgan fingerprint density at radius 2 is 1.36 bits per heavy atom. The van der Waals surface area contributed by atoms with Crippen molar-refractivity contribution >= 4 is 34.3 Å². The minimum Gasteiger partial charge on any atom is -0.507 e. The molecule has 0 saturated carbocycles. The zero-order chi connectivity index (χ0) is 23.6. The fourth-order valence-corrected chi connectivity index (χ4v) is 3.77. The van der Waals surface area contributed by atoms with Gasteiger partial charge in [0.25, 0.3) is 0 Å². The van der Waals surface area contributed by atoms with E-state index in [1.54, 1.807) is 12.1 Å². The van der Waals surface area contributed by atoms with Gasteiger partial charge in [0.2, 0.25) is 5.43 Å². The zero-order valence-corrected chi connectivity index (χ0v) is 20.9. The Balaban J connectivity index is 0.00000385. The maximum absolute atomic E-state index is 13.7. The average molecular weight is 475 g/mol. The molecule has 178 valence electrons. The molecule has 0 amide bonds. The van der Waals surface area contributed by atoms with E-state index in [1.165, 1.54) is 21.3 Å². The molecule has 0 saturated heterocycles. The van der Waals surface area contributed by atoms with Crippen molar-refractivity contribution < 1.29 is 23.7 Å². The van der Waals surface area contributed by atoms with E-state index in [-0.39, 0.29) is 34.6 Å². The van der Waals surface area contributed by atoms with Crippen LogP contribution in [0.25, 0.3) is 21.9 Å². The van der Waals surface area contributed by atoms with Crippen LogP contribution in [0.5, 0.6) is 23.0 Å². The number of rotatable bonds is 7. The van der Waals surface area contributed by atoms with Crippen LogP contribution >= 0.6 is 12.4 Å². The van der Waals surface area contributed by atoms with Gasteiger partial charge in [-0.05, 0) is 40.5 Å². The highest BCUT2D eigenvalue weighted by Gasteiger charge is 2.23. The zero-order valence-electron chi connectivity index (χ0n) is 20.1. The maximum atomic E-state index is 13.7. The molecule has 0 atom stereocenters. The van der Waals surface area contributed by atoms with E-state index < -0.39 is 0 Å². The van der Waals surface area contributed by atoms with Gasteiger partial charge in [0.15, 0.2) is 11.5 Å². The molecule has 0 unspecified atom stereocenters. The lowest BCUT2D eigenvalue weighted by Crippen LogP contribution is -2.09. The van der Waals surface area contributed by atoms with Crippen LogP contribution in [-0.4, -0.2) is 26.4 Å². The summed E-state index contributed by atoms with van der Waals surface area (Å²) < 4.78 is 22.7. The highest BCUT2D eigenvalue weighted by molar-refractivity contribution is 5.98. The number of allylic oxidation sites excluding steroid dienone is 4. The van der Waals surface area contributed by atoms with E-state index in [1.807, 2.05) is 39.8 Å². The lowest BCUT2D eigenvalue weighted by Gasteiger charge is -2.16. The maximum Gasteiger partial charge on any atom is 0.204 e. The van der Waals surface area contributed by atoms with Gasteiger partial charge in [-0.15, -0.1) is 12.4 Å². The molecule has 0 aliphatic rings. The van der Waals surface area contributed by atoms with Gasteiger partial charge in [-0.25, -0.2) is 0 Å². The second-order valence-electron chi connectivity index (χ2n) is 8.15. The molecular weight excluding hydrogens is 444 g/mol. The number of halogens is 1. The molecule has 1 heterocycles. The fourth-order valence-electron chi connectivity index (χ4n) is 3.77. The van der Waals surface area contributed by atoms with Crippen molar-refractivity contribution in [3.63, 3.8) is 0 Å². The molecule has 6 nitrogen and oxygen atoms in total. The predicted molar refractivity (Wildman–Crippen MR) is 135 cm³/mol. The Hall–Kier alpha value is -3.12. The van der Waals surface area contributed by atoms with Gasteiger partial charge in [0.05, 0.1) is 26.7 Å². The third-order valence-electron chi connectivity index (χ3n) is 5.38. The average Bonchev–Trinajstić information content (AvgIpc) is 2.75. The predicted octanol–water partition coefficient (Wildman–Crippen LogP) is 6.12. The van der Waals surface area contributed by atoms with Gasteiger partial charge in [-0.3, -0.25) is 4.79 Å². The van der Waals surface area contributed by atoms with Gasteiger partial charge in [0, 0.05) is 23.3 Å². The fraction of sp³-hybridized carbons (Fsp3) is 0.346. The number of methoxy groups -OCH3 is 3. The highest BCUT2D eigenvalue weighted by Crippen LogP contribution is 2.41. The number of phenols is 1. The molecule has 1 aromatic heterocycles. The second kappa shape index (κ2) is 10.7. The van der Waals surface area contributed by atoms with E-state index >= 15 is 0 Å². The standard InChI is InChI=1S/C26H30O6.ClH/c1-14(2)8-10-16-18(29-5)12-20-23(24(16)27)25(28)22-17(11-9-15(3)4)26(31-7)21(30-6)13-19(22)32-20;/h8-9,12-13,27H,10-11H2,1-7H3;1H. The Morgan fingerprint density at radius 1 is 0.848 bits per heavy atom. The number of ether oxygens (including phenoxy) is 3. The van der Waals surface area contributed by atoms with Crippen LogP contribution in [0.4, 0.5) is 0 Å². The van der Waals surface area contributed by atoms with Crippen LogP contribution in [-0.2, 0) is 12.8 Å². The summed E-state index contributed by atoms with van der Waals surface area (Å²) >= 11 is 0. The summed E-state index contributed by atoms with van der Waals surface area (Å²) in [5.41, 5.74) is 3.67. The van der Waals surface area contributed by atoms with E-state index in [0.717, 1.165) is 11.1 Å². The molecular formula is C26H31ClO6. The molecule has 0 radical (unpaired) electrons. The lowest BCUT2D eigenvalue weighted by atomic mass is 9.98. The molecule has 0 aliphatic carbocycles. The van der Waals surface area contributed by atoms with Crippen LogP contribution < -0.4 is 19.6 Å². The van der Waals surface area contributed by atoms with Crippen LogP contribution in [0.3, 0.4) is 0 Å². The van der Waals surface area contributed by atoms with Crippen molar-refractivity contribution in [3.05, 3.63) is 56.8 Å². The largest absolute Gasteiger partial charge is 0.507 e. The van der Waals surface area contributed by atoms with Crippen LogP contribution in [0, 0.1) is 0 Å². The SMILES string of the molecule is COc1cc2oc3cc(OC)c(OC)c(CC=C(C)C)c3c(=O)c2c(O)c1CC=C(C)C.Cl. The third kappa shape index (κ3) is 4.96. The number of phenolic OH excluding ortho intramolecular Hbond substituents is 1. The van der Waals surface area contributed by atoms with Gasteiger partial charge < -0.3 is 23.7 Å². The second-order valence-corrected chi connectivity index (χ2v) is 8.15. The Bertz CT molecular complexity index is 1290. The number of fused-ring (bicyclic) bond motifs is 2. The molecule has 2 aromatic carbocycles. The minimum absolute atomic E-state index is 0. The monoisotopic (exact) mass is 474 g/mol. The smallest absolute Gasteiger partial charge is 0.204 e. The van der Waals surface area contributed by atoms with Crippen LogP contribution in [0.2, 0.25) is 0 Å². The summed E-state index contributed by atoms with van der Waals surface area (Å²) in [6.45, 7) is 7.92. The van der Waals surface area contributed by atoms with Gasteiger partial charge >= 0.3 is 0 Å². The first kappa shape index (κ1) is 26.1. The summed E-state index contributed by atoms with van der Waals surface area (Å²) in [4.78, 5) is 13.7. The highest BCUT2D eigenvalue weighted by atomic mass is 35.5. The minimum atomic E-state index is -0.321. The molecule has 7 heteroatoms. The van der Waals surface area contributed by atoms with Crippen molar-refractivity contribution in [2.75, 3.05) is 21.3 Å². The Labute approximate surface area is 199 Å². The van der Waals surface area contributed by atoms with E-state index in [0.29, 0.717) is 52.2 Å². The van der Waals surface area contributed by atoms with Gasteiger partial charge in [-0.1, -0.05) is 23.3 Å². The molecule has 3 rings (SSSR count). The van der Waals surface area contributed by atoms with E-state index in [4.69, 9.17) is 18.6 Å². The van der Waals surface area contributed by atoms with Gasteiger partial charge in [0.1, 0.15) is 28.1 Å². The lowest BCUT2D eigenvalue weighted by molar-refractivity contribution is 0.352. The quantitative estimate of drug-likeness (QED) is 0.328. The molecule has 0 fully saturated rings. The third-order valence-corrected chi connectivity index (χ3v) is 5.38. The first-order valence-electron chi connectivity index (χ1n) is 10.4. The van der Waals surface area contributed by atoms with Gasteiger partial charge in [-0.2, -0.15) is 0 Å². The molecule has 0 spiro atoms. The first-order chi connectivity index (χ1) is 15.2. The molecule has 0 aliphatic heterocycles. The molecule has 33 heavy (non-hydrogen) atoms. The Kier molecular flexibility index (Phi) is 8.45. The number of benzene rings is 2. The number of hydrogen-bond acceptors (Lipinski definition) is 6. The molecule has 1 N–H and O–H groups in total. The van der Waals surface area contributed by atoms with Crippen molar-refractivity contribution in [2.24, 2.45) is 0 Å². The Morgan fingerprint density at radius 3 is 1.88 bits per heavy atom. The summed E-state index contributed by atoms with van der Waals surface area (Å²) in [5.74, 6) is 1.27. The summed E-state index contributed by atoms with van der Waals surface area (Å²) in [7, 11) is 4.60. The van der Waals surface area contributed by atoms with Crippen molar-refractivity contribution in [1.29, 1.82) is 0 Å². The van der Waals surface area contributed by atoms with Crippen molar-refractivity contribution in [2.45, 2.75) is 40.5 Å². The molecule has 3 aromatic rings. The number of aromatic hydroxyl groups is 1. The van der Waals surface area contributed by atoms with Crippen LogP contribution in [0.15, 0.2) is 44.6 Å².